The molecule has 0 aromatic heterocycles. The summed E-state index contributed by atoms with van der Waals surface area (Å²) in [5.41, 5.74) is 2.26. The summed E-state index contributed by atoms with van der Waals surface area (Å²) < 4.78 is 16.3. The van der Waals surface area contributed by atoms with E-state index in [4.69, 9.17) is 25.8 Å². The molecule has 30 heavy (non-hydrogen) atoms. The predicted octanol–water partition coefficient (Wildman–Crippen LogP) is 3.05. The summed E-state index contributed by atoms with van der Waals surface area (Å²) >= 11 is 5.95. The molecule has 1 aliphatic heterocycles. The fourth-order valence-electron chi connectivity index (χ4n) is 3.61. The largest absolute Gasteiger partial charge is 0.493 e. The lowest BCUT2D eigenvalue weighted by atomic mass is 10.2. The van der Waals surface area contributed by atoms with Gasteiger partial charge in [-0.1, -0.05) is 29.8 Å². The zero-order valence-corrected chi connectivity index (χ0v) is 18.5. The van der Waals surface area contributed by atoms with Crippen molar-refractivity contribution < 1.29 is 19.3 Å². The van der Waals surface area contributed by atoms with E-state index in [1.165, 1.54) is 5.56 Å². The Morgan fingerprint density at radius 2 is 1.53 bits per heavy atom. The van der Waals surface area contributed by atoms with Gasteiger partial charge in [0.25, 0.3) is 0 Å². The van der Waals surface area contributed by atoms with E-state index in [9.17, 15) is 5.11 Å². The smallest absolute Gasteiger partial charge is 0.161 e. The number of halogens is 1. The first-order chi connectivity index (χ1) is 14.6. The SMILES string of the molecule is COc1ccc(COC[C@@H](O)CN2CCN(Cc3ccc(Cl)cc3)CC2)cc1OC. The van der Waals surface area contributed by atoms with Crippen LogP contribution in [-0.4, -0.2) is 74.6 Å². The van der Waals surface area contributed by atoms with Crippen molar-refractivity contribution >= 4 is 11.6 Å². The summed E-state index contributed by atoms with van der Waals surface area (Å²) in [6.45, 7) is 6.15. The average Bonchev–Trinajstić information content (AvgIpc) is 2.76. The fourth-order valence-corrected chi connectivity index (χ4v) is 3.74. The molecule has 0 amide bonds. The van der Waals surface area contributed by atoms with Crippen molar-refractivity contribution in [3.05, 3.63) is 58.6 Å². The molecule has 0 unspecified atom stereocenters. The second-order valence-corrected chi connectivity index (χ2v) is 8.00. The molecular formula is C23H31ClN2O4. The molecule has 2 aromatic rings. The number of piperazine rings is 1. The Morgan fingerprint density at radius 3 is 2.20 bits per heavy atom. The average molecular weight is 435 g/mol. The topological polar surface area (TPSA) is 54.4 Å². The summed E-state index contributed by atoms with van der Waals surface area (Å²) in [6, 6.07) is 13.7. The molecule has 1 aliphatic rings. The van der Waals surface area contributed by atoms with Crippen LogP contribution in [0.1, 0.15) is 11.1 Å². The number of hydrogen-bond donors (Lipinski definition) is 1. The molecule has 0 radical (unpaired) electrons. The molecule has 7 heteroatoms. The minimum atomic E-state index is -0.507. The lowest BCUT2D eigenvalue weighted by Crippen LogP contribution is -2.48. The number of nitrogens with zero attached hydrogens (tertiary/aromatic N) is 2. The van der Waals surface area contributed by atoms with Gasteiger partial charge in [-0.25, -0.2) is 0 Å². The molecular weight excluding hydrogens is 404 g/mol. The number of benzene rings is 2. The lowest BCUT2D eigenvalue weighted by Gasteiger charge is -2.35. The summed E-state index contributed by atoms with van der Waals surface area (Å²) in [5, 5.41) is 11.1. The highest BCUT2D eigenvalue weighted by atomic mass is 35.5. The van der Waals surface area contributed by atoms with Crippen LogP contribution in [-0.2, 0) is 17.9 Å². The minimum Gasteiger partial charge on any atom is -0.493 e. The summed E-state index contributed by atoms with van der Waals surface area (Å²) in [5.74, 6) is 1.37. The Balaban J connectivity index is 1.35. The van der Waals surface area contributed by atoms with Gasteiger partial charge in [0.1, 0.15) is 0 Å². The maximum Gasteiger partial charge on any atom is 0.161 e. The molecule has 1 heterocycles. The van der Waals surface area contributed by atoms with Gasteiger partial charge in [-0.3, -0.25) is 9.80 Å². The van der Waals surface area contributed by atoms with Gasteiger partial charge in [0, 0.05) is 44.3 Å². The number of aliphatic hydroxyl groups is 1. The highest BCUT2D eigenvalue weighted by Gasteiger charge is 2.19. The quantitative estimate of drug-likeness (QED) is 0.620. The first-order valence-corrected chi connectivity index (χ1v) is 10.6. The molecule has 2 aromatic carbocycles. The van der Waals surface area contributed by atoms with Crippen molar-refractivity contribution in [3.63, 3.8) is 0 Å². The monoisotopic (exact) mass is 434 g/mol. The van der Waals surface area contributed by atoms with Gasteiger partial charge in [0.05, 0.1) is 33.5 Å². The van der Waals surface area contributed by atoms with E-state index in [0.29, 0.717) is 31.3 Å². The molecule has 0 spiro atoms. The van der Waals surface area contributed by atoms with Gasteiger partial charge in [-0.15, -0.1) is 0 Å². The third-order valence-electron chi connectivity index (χ3n) is 5.28. The molecule has 1 fully saturated rings. The summed E-state index contributed by atoms with van der Waals surface area (Å²) in [4.78, 5) is 4.72. The summed E-state index contributed by atoms with van der Waals surface area (Å²) in [7, 11) is 3.23. The Morgan fingerprint density at radius 1 is 0.900 bits per heavy atom. The van der Waals surface area contributed by atoms with Crippen LogP contribution in [0.2, 0.25) is 5.02 Å². The van der Waals surface area contributed by atoms with Crippen LogP contribution in [0.25, 0.3) is 0 Å². The fraction of sp³-hybridized carbons (Fsp3) is 0.478. The van der Waals surface area contributed by atoms with Crippen LogP contribution in [0.15, 0.2) is 42.5 Å². The highest BCUT2D eigenvalue weighted by Crippen LogP contribution is 2.27. The first-order valence-electron chi connectivity index (χ1n) is 10.2. The molecule has 164 valence electrons. The van der Waals surface area contributed by atoms with Crippen LogP contribution in [0, 0.1) is 0 Å². The van der Waals surface area contributed by atoms with Gasteiger partial charge in [0.2, 0.25) is 0 Å². The van der Waals surface area contributed by atoms with Crippen molar-refractivity contribution in [2.24, 2.45) is 0 Å². The van der Waals surface area contributed by atoms with E-state index in [2.05, 4.69) is 21.9 Å². The second kappa shape index (κ2) is 11.5. The van der Waals surface area contributed by atoms with E-state index < -0.39 is 6.10 Å². The number of aliphatic hydroxyl groups excluding tert-OH is 1. The molecule has 3 rings (SSSR count). The van der Waals surface area contributed by atoms with Crippen LogP contribution in [0.5, 0.6) is 11.5 Å². The highest BCUT2D eigenvalue weighted by molar-refractivity contribution is 6.30. The Bertz CT molecular complexity index is 779. The van der Waals surface area contributed by atoms with E-state index in [-0.39, 0.29) is 0 Å². The van der Waals surface area contributed by atoms with Crippen molar-refractivity contribution in [2.45, 2.75) is 19.3 Å². The molecule has 1 saturated heterocycles. The molecule has 0 bridgehead atoms. The summed E-state index contributed by atoms with van der Waals surface area (Å²) in [6.07, 6.45) is -0.507. The van der Waals surface area contributed by atoms with Crippen molar-refractivity contribution in [1.82, 2.24) is 9.80 Å². The molecule has 0 saturated carbocycles. The molecule has 0 aliphatic carbocycles. The van der Waals surface area contributed by atoms with Gasteiger partial charge in [0.15, 0.2) is 11.5 Å². The van der Waals surface area contributed by atoms with Crippen LogP contribution >= 0.6 is 11.6 Å². The Hall–Kier alpha value is -1.83. The number of methoxy groups -OCH3 is 2. The number of rotatable bonds is 10. The Kier molecular flexibility index (Phi) is 8.78. The lowest BCUT2D eigenvalue weighted by molar-refractivity contribution is 0.000840. The minimum absolute atomic E-state index is 0.305. The normalized spacial score (nSPS) is 16.4. The van der Waals surface area contributed by atoms with E-state index in [1.807, 2.05) is 30.3 Å². The van der Waals surface area contributed by atoms with E-state index in [0.717, 1.165) is 43.3 Å². The van der Waals surface area contributed by atoms with E-state index in [1.54, 1.807) is 14.2 Å². The number of ether oxygens (including phenoxy) is 3. The molecule has 1 atom stereocenters. The third kappa shape index (κ3) is 6.86. The Labute approximate surface area is 183 Å². The number of β-amino-alcohol motifs (C(OH)–C–C–N with tert-alkyl or cyclic N) is 1. The van der Waals surface area contributed by atoms with E-state index >= 15 is 0 Å². The molecule has 1 N–H and O–H groups in total. The molecule has 6 nitrogen and oxygen atoms in total. The predicted molar refractivity (Wildman–Crippen MR) is 118 cm³/mol. The van der Waals surface area contributed by atoms with Gasteiger partial charge < -0.3 is 19.3 Å². The standard InChI is InChI=1S/C23H31ClN2O4/c1-28-22-8-5-19(13-23(22)29-2)16-30-17-21(27)15-26-11-9-25(10-12-26)14-18-3-6-20(24)7-4-18/h3-8,13,21,27H,9-12,14-17H2,1-2H3/t21-/m0/s1. The zero-order chi connectivity index (χ0) is 21.3. The van der Waals surface area contributed by atoms with Crippen LogP contribution < -0.4 is 9.47 Å². The van der Waals surface area contributed by atoms with Crippen molar-refractivity contribution in [1.29, 1.82) is 0 Å². The van der Waals surface area contributed by atoms with Crippen molar-refractivity contribution in [3.8, 4) is 11.5 Å². The maximum atomic E-state index is 10.4. The van der Waals surface area contributed by atoms with Crippen molar-refractivity contribution in [2.75, 3.05) is 53.6 Å². The van der Waals surface area contributed by atoms with Gasteiger partial charge in [-0.2, -0.15) is 0 Å². The van der Waals surface area contributed by atoms with Gasteiger partial charge in [-0.05, 0) is 35.4 Å². The zero-order valence-electron chi connectivity index (χ0n) is 17.7. The number of hydrogen-bond acceptors (Lipinski definition) is 6. The second-order valence-electron chi connectivity index (χ2n) is 7.56. The maximum absolute atomic E-state index is 10.4. The van der Waals surface area contributed by atoms with Crippen LogP contribution in [0.4, 0.5) is 0 Å². The first kappa shape index (κ1) is 22.8. The van der Waals surface area contributed by atoms with Crippen LogP contribution in [0.3, 0.4) is 0 Å². The van der Waals surface area contributed by atoms with Gasteiger partial charge >= 0.3 is 0 Å². The third-order valence-corrected chi connectivity index (χ3v) is 5.53.